The highest BCUT2D eigenvalue weighted by Gasteiger charge is 2.31. The third kappa shape index (κ3) is 4.33. The van der Waals surface area contributed by atoms with Gasteiger partial charge in [0.15, 0.2) is 6.61 Å². The fraction of sp³-hybridized carbons (Fsp3) is 0.600. The second kappa shape index (κ2) is 7.89. The van der Waals surface area contributed by atoms with Crippen LogP contribution in [0.15, 0.2) is 24.3 Å². The van der Waals surface area contributed by atoms with Gasteiger partial charge in [0.2, 0.25) is 5.91 Å². The van der Waals surface area contributed by atoms with Crippen LogP contribution >= 0.6 is 0 Å². The molecule has 136 valence electrons. The lowest BCUT2D eigenvalue weighted by atomic mass is 10.0. The summed E-state index contributed by atoms with van der Waals surface area (Å²) in [6.07, 6.45) is 3.41. The van der Waals surface area contributed by atoms with Crippen molar-refractivity contribution in [3.05, 3.63) is 29.8 Å². The standard InChI is InChI=1S/C20H28N2O3/c1-15(2)16-5-3-6-18(13-16)25-14-20(24)21-11-8-17(9-12-21)22-10-4-7-19(22)23/h3,5-6,13,15,17H,4,7-12,14H2,1-2H3. The number of nitrogens with zero attached hydrogens (tertiary/aromatic N) is 2. The van der Waals surface area contributed by atoms with E-state index in [1.807, 2.05) is 28.0 Å². The van der Waals surface area contributed by atoms with E-state index in [4.69, 9.17) is 4.74 Å². The predicted octanol–water partition coefficient (Wildman–Crippen LogP) is 2.80. The van der Waals surface area contributed by atoms with Gasteiger partial charge in [0, 0.05) is 32.1 Å². The SMILES string of the molecule is CC(C)c1cccc(OCC(=O)N2CCC(N3CCCC3=O)CC2)c1. The molecule has 0 aliphatic carbocycles. The third-order valence-electron chi connectivity index (χ3n) is 5.26. The molecule has 2 fully saturated rings. The lowest BCUT2D eigenvalue weighted by molar-refractivity contribution is -0.136. The van der Waals surface area contributed by atoms with Crippen LogP contribution in [-0.4, -0.2) is 53.9 Å². The molecule has 2 heterocycles. The average molecular weight is 344 g/mol. The van der Waals surface area contributed by atoms with E-state index >= 15 is 0 Å². The van der Waals surface area contributed by atoms with Gasteiger partial charge in [-0.1, -0.05) is 26.0 Å². The lowest BCUT2D eigenvalue weighted by Crippen LogP contribution is -2.48. The van der Waals surface area contributed by atoms with Gasteiger partial charge in [0.25, 0.3) is 5.91 Å². The van der Waals surface area contributed by atoms with Gasteiger partial charge in [-0.3, -0.25) is 9.59 Å². The van der Waals surface area contributed by atoms with Crippen molar-refractivity contribution in [1.29, 1.82) is 0 Å². The van der Waals surface area contributed by atoms with Crippen molar-refractivity contribution in [2.45, 2.75) is 51.5 Å². The Kier molecular flexibility index (Phi) is 5.61. The van der Waals surface area contributed by atoms with Crippen molar-refractivity contribution in [1.82, 2.24) is 9.80 Å². The second-order valence-corrected chi connectivity index (χ2v) is 7.32. The first kappa shape index (κ1) is 17.8. The molecule has 1 aromatic rings. The molecule has 2 aliphatic heterocycles. The number of amides is 2. The fourth-order valence-electron chi connectivity index (χ4n) is 3.68. The molecule has 25 heavy (non-hydrogen) atoms. The second-order valence-electron chi connectivity index (χ2n) is 7.32. The Bertz CT molecular complexity index is 621. The molecule has 0 saturated carbocycles. The van der Waals surface area contributed by atoms with Crippen molar-refractivity contribution < 1.29 is 14.3 Å². The number of rotatable bonds is 5. The summed E-state index contributed by atoms with van der Waals surface area (Å²) in [6, 6.07) is 8.24. The highest BCUT2D eigenvalue weighted by Crippen LogP contribution is 2.23. The third-order valence-corrected chi connectivity index (χ3v) is 5.26. The van der Waals surface area contributed by atoms with Crippen LogP contribution in [0.1, 0.15) is 51.0 Å². The topological polar surface area (TPSA) is 49.9 Å². The Morgan fingerprint density at radius 2 is 2.00 bits per heavy atom. The van der Waals surface area contributed by atoms with Gasteiger partial charge >= 0.3 is 0 Å². The van der Waals surface area contributed by atoms with E-state index in [1.165, 1.54) is 5.56 Å². The number of hydrogen-bond acceptors (Lipinski definition) is 3. The van der Waals surface area contributed by atoms with Gasteiger partial charge in [-0.25, -0.2) is 0 Å². The minimum atomic E-state index is 0.0288. The summed E-state index contributed by atoms with van der Waals surface area (Å²) in [5.74, 6) is 1.49. The number of hydrogen-bond donors (Lipinski definition) is 0. The van der Waals surface area contributed by atoms with E-state index in [0.717, 1.165) is 31.6 Å². The van der Waals surface area contributed by atoms with Gasteiger partial charge < -0.3 is 14.5 Å². The molecular weight excluding hydrogens is 316 g/mol. The van der Waals surface area contributed by atoms with Crippen LogP contribution in [0, 0.1) is 0 Å². The quantitative estimate of drug-likeness (QED) is 0.825. The van der Waals surface area contributed by atoms with Crippen molar-refractivity contribution in [2.24, 2.45) is 0 Å². The van der Waals surface area contributed by atoms with Gasteiger partial charge in [0.1, 0.15) is 5.75 Å². The van der Waals surface area contributed by atoms with E-state index in [2.05, 4.69) is 19.9 Å². The zero-order chi connectivity index (χ0) is 17.8. The van der Waals surface area contributed by atoms with E-state index in [0.29, 0.717) is 31.5 Å². The first-order chi connectivity index (χ1) is 12.0. The number of likely N-dealkylation sites (tertiary alicyclic amines) is 2. The summed E-state index contributed by atoms with van der Waals surface area (Å²) >= 11 is 0. The van der Waals surface area contributed by atoms with Crippen LogP contribution in [-0.2, 0) is 9.59 Å². The highest BCUT2D eigenvalue weighted by atomic mass is 16.5. The molecule has 0 unspecified atom stereocenters. The fourth-order valence-corrected chi connectivity index (χ4v) is 3.68. The van der Waals surface area contributed by atoms with E-state index in [1.54, 1.807) is 0 Å². The molecule has 0 spiro atoms. The molecule has 1 aromatic carbocycles. The van der Waals surface area contributed by atoms with E-state index < -0.39 is 0 Å². The molecule has 0 atom stereocenters. The van der Waals surface area contributed by atoms with Crippen LogP contribution in [0.2, 0.25) is 0 Å². The monoisotopic (exact) mass is 344 g/mol. The van der Waals surface area contributed by atoms with E-state index in [9.17, 15) is 9.59 Å². The summed E-state index contributed by atoms with van der Waals surface area (Å²) in [7, 11) is 0. The molecule has 5 nitrogen and oxygen atoms in total. The summed E-state index contributed by atoms with van der Waals surface area (Å²) in [4.78, 5) is 28.1. The van der Waals surface area contributed by atoms with Gasteiger partial charge in [-0.15, -0.1) is 0 Å². The summed E-state index contributed by atoms with van der Waals surface area (Å²) in [6.45, 7) is 6.66. The van der Waals surface area contributed by atoms with Gasteiger partial charge in [0.05, 0.1) is 0 Å². The van der Waals surface area contributed by atoms with Gasteiger partial charge in [-0.2, -0.15) is 0 Å². The van der Waals surface area contributed by atoms with Gasteiger partial charge in [-0.05, 0) is 42.9 Å². The average Bonchev–Trinajstić information content (AvgIpc) is 3.06. The largest absolute Gasteiger partial charge is 0.484 e. The van der Waals surface area contributed by atoms with Crippen LogP contribution in [0.4, 0.5) is 0 Å². The molecule has 0 radical (unpaired) electrons. The van der Waals surface area contributed by atoms with Crippen molar-refractivity contribution in [2.75, 3.05) is 26.2 Å². The number of carbonyl (C=O) groups excluding carboxylic acids is 2. The smallest absolute Gasteiger partial charge is 0.260 e. The Morgan fingerprint density at radius 1 is 1.24 bits per heavy atom. The maximum Gasteiger partial charge on any atom is 0.260 e. The molecule has 3 rings (SSSR count). The number of ether oxygens (including phenoxy) is 1. The van der Waals surface area contributed by atoms with Crippen molar-refractivity contribution in [3.63, 3.8) is 0 Å². The maximum atomic E-state index is 12.4. The minimum absolute atomic E-state index is 0.0288. The number of carbonyl (C=O) groups is 2. The summed E-state index contributed by atoms with van der Waals surface area (Å²) < 4.78 is 5.70. The Balaban J connectivity index is 1.46. The first-order valence-electron chi connectivity index (χ1n) is 9.34. The van der Waals surface area contributed by atoms with Crippen LogP contribution in [0.3, 0.4) is 0 Å². The number of benzene rings is 1. The summed E-state index contributed by atoms with van der Waals surface area (Å²) in [5, 5.41) is 0. The predicted molar refractivity (Wildman–Crippen MR) is 96.6 cm³/mol. The molecule has 2 amide bonds. The molecule has 0 aromatic heterocycles. The molecule has 0 N–H and O–H groups in total. The zero-order valence-electron chi connectivity index (χ0n) is 15.2. The molecular formula is C20H28N2O3. The Hall–Kier alpha value is -2.04. The Morgan fingerprint density at radius 3 is 2.64 bits per heavy atom. The lowest BCUT2D eigenvalue weighted by Gasteiger charge is -2.36. The molecule has 5 heteroatoms. The van der Waals surface area contributed by atoms with Crippen molar-refractivity contribution >= 4 is 11.8 Å². The van der Waals surface area contributed by atoms with E-state index in [-0.39, 0.29) is 18.4 Å². The zero-order valence-corrected chi connectivity index (χ0v) is 15.2. The molecule has 2 aliphatic rings. The van der Waals surface area contributed by atoms with Crippen LogP contribution in [0.5, 0.6) is 5.75 Å². The summed E-state index contributed by atoms with van der Waals surface area (Å²) in [5.41, 5.74) is 1.21. The number of piperidine rings is 1. The maximum absolute atomic E-state index is 12.4. The highest BCUT2D eigenvalue weighted by molar-refractivity contribution is 5.79. The molecule has 2 saturated heterocycles. The normalized spacial score (nSPS) is 18.9. The van der Waals surface area contributed by atoms with Crippen molar-refractivity contribution in [3.8, 4) is 5.75 Å². The van der Waals surface area contributed by atoms with Crippen LogP contribution in [0.25, 0.3) is 0 Å². The van der Waals surface area contributed by atoms with Crippen LogP contribution < -0.4 is 4.74 Å². The first-order valence-corrected chi connectivity index (χ1v) is 9.34. The minimum Gasteiger partial charge on any atom is -0.484 e. The molecule has 0 bridgehead atoms. The Labute approximate surface area is 149 Å².